The minimum Gasteiger partial charge on any atom is -0.480 e. The molecule has 2 unspecified atom stereocenters. The van der Waals surface area contributed by atoms with Crippen LogP contribution in [0.5, 0.6) is 0 Å². The summed E-state index contributed by atoms with van der Waals surface area (Å²) in [5, 5.41) is 9.07. The Kier molecular flexibility index (Phi) is 2.30. The van der Waals surface area contributed by atoms with E-state index in [0.29, 0.717) is 6.42 Å². The van der Waals surface area contributed by atoms with E-state index < -0.39 is 23.0 Å². The van der Waals surface area contributed by atoms with Gasteiger partial charge in [-0.15, -0.1) is 0 Å². The predicted molar refractivity (Wildman–Crippen MR) is 54.6 cm³/mol. The van der Waals surface area contributed by atoms with E-state index in [9.17, 15) is 14.0 Å². The Bertz CT molecular complexity index is 452. The van der Waals surface area contributed by atoms with Gasteiger partial charge in [-0.3, -0.25) is 9.59 Å². The van der Waals surface area contributed by atoms with Gasteiger partial charge in [0.15, 0.2) is 5.78 Å². The number of benzene rings is 1. The van der Waals surface area contributed by atoms with Crippen molar-refractivity contribution in [2.75, 3.05) is 0 Å². The highest BCUT2D eigenvalue weighted by atomic mass is 19.1. The van der Waals surface area contributed by atoms with Crippen LogP contribution in [-0.2, 0) is 4.79 Å². The first-order valence-corrected chi connectivity index (χ1v) is 5.02. The molecule has 1 aromatic carbocycles. The SMILES string of the molecule is CC1CC1(C(=O)O)C(=O)c1ccc(F)cc1. The number of carboxylic acid groups (broad SMARTS) is 1. The summed E-state index contributed by atoms with van der Waals surface area (Å²) in [5.41, 5.74) is -1.02. The quantitative estimate of drug-likeness (QED) is 0.629. The molecule has 0 amide bonds. The van der Waals surface area contributed by atoms with Gasteiger partial charge in [0, 0.05) is 5.56 Å². The number of aliphatic carboxylic acids is 1. The normalized spacial score (nSPS) is 27.5. The second kappa shape index (κ2) is 3.40. The topological polar surface area (TPSA) is 54.4 Å². The molecule has 0 spiro atoms. The van der Waals surface area contributed by atoms with E-state index in [-0.39, 0.29) is 11.5 Å². The Morgan fingerprint density at radius 2 is 1.88 bits per heavy atom. The zero-order valence-corrected chi connectivity index (χ0v) is 8.74. The molecule has 1 aliphatic carbocycles. The number of ketones is 1. The molecule has 0 bridgehead atoms. The molecule has 0 aliphatic heterocycles. The van der Waals surface area contributed by atoms with Gasteiger partial charge in [-0.2, -0.15) is 0 Å². The Morgan fingerprint density at radius 1 is 1.38 bits per heavy atom. The first-order valence-electron chi connectivity index (χ1n) is 5.02. The molecule has 0 heterocycles. The number of rotatable bonds is 3. The van der Waals surface area contributed by atoms with Crippen LogP contribution in [0.25, 0.3) is 0 Å². The Balaban J connectivity index is 2.33. The molecule has 2 rings (SSSR count). The predicted octanol–water partition coefficient (Wildman–Crippen LogP) is 2.12. The molecule has 1 fully saturated rings. The first kappa shape index (κ1) is 10.8. The van der Waals surface area contributed by atoms with Crippen molar-refractivity contribution in [3.63, 3.8) is 0 Å². The zero-order chi connectivity index (χ0) is 11.9. The molecular formula is C12H11FO3. The summed E-state index contributed by atoms with van der Waals surface area (Å²) in [6.07, 6.45) is 0.360. The summed E-state index contributed by atoms with van der Waals surface area (Å²) in [6, 6.07) is 4.98. The summed E-state index contributed by atoms with van der Waals surface area (Å²) in [5.74, 6) is -2.10. The standard InChI is InChI=1S/C12H11FO3/c1-7-6-12(7,11(15)16)10(14)8-2-4-9(13)5-3-8/h2-5,7H,6H2,1H3,(H,15,16). The average Bonchev–Trinajstić information content (AvgIpc) is 2.92. The number of carbonyl (C=O) groups is 2. The molecule has 84 valence electrons. The monoisotopic (exact) mass is 222 g/mol. The van der Waals surface area contributed by atoms with E-state index in [1.54, 1.807) is 6.92 Å². The van der Waals surface area contributed by atoms with Gasteiger partial charge in [-0.1, -0.05) is 6.92 Å². The largest absolute Gasteiger partial charge is 0.480 e. The van der Waals surface area contributed by atoms with Crippen LogP contribution in [0, 0.1) is 17.2 Å². The third kappa shape index (κ3) is 1.41. The lowest BCUT2D eigenvalue weighted by atomic mass is 9.92. The van der Waals surface area contributed by atoms with E-state index >= 15 is 0 Å². The van der Waals surface area contributed by atoms with Crippen LogP contribution in [0.2, 0.25) is 0 Å². The van der Waals surface area contributed by atoms with Crippen molar-refractivity contribution in [1.82, 2.24) is 0 Å². The van der Waals surface area contributed by atoms with Gasteiger partial charge < -0.3 is 5.11 Å². The van der Waals surface area contributed by atoms with Gasteiger partial charge in [0.2, 0.25) is 0 Å². The lowest BCUT2D eigenvalue weighted by Gasteiger charge is -2.09. The third-order valence-electron chi connectivity index (χ3n) is 3.20. The van der Waals surface area contributed by atoms with Gasteiger partial charge in [-0.05, 0) is 36.6 Å². The van der Waals surface area contributed by atoms with Crippen LogP contribution in [0.4, 0.5) is 4.39 Å². The fourth-order valence-electron chi connectivity index (χ4n) is 1.99. The molecule has 1 aliphatic rings. The minimum absolute atomic E-state index is 0.150. The minimum atomic E-state index is -1.28. The van der Waals surface area contributed by atoms with E-state index in [4.69, 9.17) is 5.11 Å². The van der Waals surface area contributed by atoms with Crippen LogP contribution in [0.15, 0.2) is 24.3 Å². The average molecular weight is 222 g/mol. The van der Waals surface area contributed by atoms with Gasteiger partial charge >= 0.3 is 5.97 Å². The number of Topliss-reactive ketones (excluding diaryl/α,β-unsaturated/α-hetero) is 1. The maximum Gasteiger partial charge on any atom is 0.317 e. The third-order valence-corrected chi connectivity index (χ3v) is 3.20. The number of carbonyl (C=O) groups excluding carboxylic acids is 1. The molecule has 1 N–H and O–H groups in total. The van der Waals surface area contributed by atoms with Crippen molar-refractivity contribution < 1.29 is 19.1 Å². The second-order valence-electron chi connectivity index (χ2n) is 4.22. The van der Waals surface area contributed by atoms with Crippen molar-refractivity contribution in [2.45, 2.75) is 13.3 Å². The van der Waals surface area contributed by atoms with Gasteiger partial charge in [0.05, 0.1) is 0 Å². The van der Waals surface area contributed by atoms with Crippen molar-refractivity contribution in [3.05, 3.63) is 35.6 Å². The number of hydrogen-bond acceptors (Lipinski definition) is 2. The maximum absolute atomic E-state index is 12.7. The Hall–Kier alpha value is -1.71. The van der Waals surface area contributed by atoms with Crippen LogP contribution < -0.4 is 0 Å². The lowest BCUT2D eigenvalue weighted by molar-refractivity contribution is -0.141. The van der Waals surface area contributed by atoms with E-state index in [1.165, 1.54) is 12.1 Å². The van der Waals surface area contributed by atoms with Gasteiger partial charge in [0.25, 0.3) is 0 Å². The molecule has 1 saturated carbocycles. The molecular weight excluding hydrogens is 211 g/mol. The highest BCUT2D eigenvalue weighted by Gasteiger charge is 2.63. The van der Waals surface area contributed by atoms with E-state index in [0.717, 1.165) is 12.1 Å². The first-order chi connectivity index (χ1) is 7.48. The van der Waals surface area contributed by atoms with Gasteiger partial charge in [-0.25, -0.2) is 4.39 Å². The fraction of sp³-hybridized carbons (Fsp3) is 0.333. The van der Waals surface area contributed by atoms with Crippen molar-refractivity contribution in [1.29, 1.82) is 0 Å². The molecule has 0 radical (unpaired) electrons. The van der Waals surface area contributed by atoms with Crippen molar-refractivity contribution in [2.24, 2.45) is 11.3 Å². The number of carboxylic acids is 1. The Morgan fingerprint density at radius 3 is 2.25 bits per heavy atom. The summed E-state index contributed by atoms with van der Waals surface area (Å²) < 4.78 is 12.7. The molecule has 3 nitrogen and oxygen atoms in total. The number of hydrogen-bond donors (Lipinski definition) is 1. The summed E-state index contributed by atoms with van der Waals surface area (Å²) >= 11 is 0. The fourth-order valence-corrected chi connectivity index (χ4v) is 1.99. The highest BCUT2D eigenvalue weighted by Crippen LogP contribution is 2.54. The summed E-state index contributed by atoms with van der Waals surface area (Å²) in [7, 11) is 0. The Labute approximate surface area is 91.9 Å². The lowest BCUT2D eigenvalue weighted by Crippen LogP contribution is -2.27. The maximum atomic E-state index is 12.7. The van der Waals surface area contributed by atoms with Crippen molar-refractivity contribution >= 4 is 11.8 Å². The molecule has 4 heteroatoms. The smallest absolute Gasteiger partial charge is 0.317 e. The van der Waals surface area contributed by atoms with Crippen LogP contribution in [0.1, 0.15) is 23.7 Å². The van der Waals surface area contributed by atoms with E-state index in [2.05, 4.69) is 0 Å². The molecule has 1 aromatic rings. The van der Waals surface area contributed by atoms with Crippen LogP contribution in [0.3, 0.4) is 0 Å². The van der Waals surface area contributed by atoms with Gasteiger partial charge in [0.1, 0.15) is 11.2 Å². The van der Waals surface area contributed by atoms with Crippen LogP contribution >= 0.6 is 0 Å². The molecule has 2 atom stereocenters. The molecule has 0 aromatic heterocycles. The van der Waals surface area contributed by atoms with E-state index in [1.807, 2.05) is 0 Å². The van der Waals surface area contributed by atoms with Crippen molar-refractivity contribution in [3.8, 4) is 0 Å². The number of halogens is 1. The summed E-state index contributed by atoms with van der Waals surface area (Å²) in [6.45, 7) is 1.73. The highest BCUT2D eigenvalue weighted by molar-refractivity contribution is 6.14. The molecule has 0 saturated heterocycles. The molecule has 16 heavy (non-hydrogen) atoms. The van der Waals surface area contributed by atoms with Crippen LogP contribution in [-0.4, -0.2) is 16.9 Å². The second-order valence-corrected chi connectivity index (χ2v) is 4.22. The summed E-state index contributed by atoms with van der Waals surface area (Å²) in [4.78, 5) is 23.1. The zero-order valence-electron chi connectivity index (χ0n) is 8.74.